The van der Waals surface area contributed by atoms with Crippen LogP contribution in [0.15, 0.2) is 53.0 Å². The zero-order valence-corrected chi connectivity index (χ0v) is 14.7. The van der Waals surface area contributed by atoms with Crippen LogP contribution in [0.5, 0.6) is 0 Å². The number of ketones is 1. The van der Waals surface area contributed by atoms with Crippen molar-refractivity contribution in [3.63, 3.8) is 0 Å². The molecule has 3 rings (SSSR count). The number of hydrogen-bond donors (Lipinski definition) is 0. The summed E-state index contributed by atoms with van der Waals surface area (Å²) in [5.41, 5.74) is 2.68. The fraction of sp³-hybridized carbons (Fsp3) is 0.278. The molecule has 4 heteroatoms. The third-order valence-corrected chi connectivity index (χ3v) is 5.28. The van der Waals surface area contributed by atoms with Gasteiger partial charge in [-0.05, 0) is 17.7 Å². The number of thioether (sulfide) groups is 1. The van der Waals surface area contributed by atoms with Gasteiger partial charge in [0.25, 0.3) is 0 Å². The summed E-state index contributed by atoms with van der Waals surface area (Å²) in [5, 5.41) is 0. The molecule has 114 valence electrons. The number of carbonyl (C=O) groups is 1. The van der Waals surface area contributed by atoms with Gasteiger partial charge in [-0.3, -0.25) is 9.69 Å². The van der Waals surface area contributed by atoms with Crippen molar-refractivity contribution in [3.05, 3.63) is 69.7 Å². The SMILES string of the molecule is O=C(c1cccc(Br)c1)c1ccccc1CN1CCSCC1. The van der Waals surface area contributed by atoms with Crippen LogP contribution in [0.4, 0.5) is 0 Å². The van der Waals surface area contributed by atoms with Gasteiger partial charge in [0.2, 0.25) is 0 Å². The molecule has 2 aromatic carbocycles. The smallest absolute Gasteiger partial charge is 0.193 e. The van der Waals surface area contributed by atoms with Crippen LogP contribution in [0.2, 0.25) is 0 Å². The zero-order valence-electron chi connectivity index (χ0n) is 12.3. The van der Waals surface area contributed by atoms with E-state index in [1.54, 1.807) is 0 Å². The van der Waals surface area contributed by atoms with Crippen LogP contribution in [-0.2, 0) is 6.54 Å². The second-order valence-electron chi connectivity index (χ2n) is 5.39. The van der Waals surface area contributed by atoms with E-state index in [-0.39, 0.29) is 5.78 Å². The summed E-state index contributed by atoms with van der Waals surface area (Å²) in [6.45, 7) is 3.06. The van der Waals surface area contributed by atoms with Crippen molar-refractivity contribution in [2.75, 3.05) is 24.6 Å². The molecule has 0 saturated carbocycles. The third kappa shape index (κ3) is 3.80. The molecule has 1 saturated heterocycles. The van der Waals surface area contributed by atoms with Gasteiger partial charge in [0.15, 0.2) is 5.78 Å². The summed E-state index contributed by atoms with van der Waals surface area (Å²) in [6.07, 6.45) is 0. The first-order valence-electron chi connectivity index (χ1n) is 7.42. The molecule has 0 aromatic heterocycles. The van der Waals surface area contributed by atoms with Crippen molar-refractivity contribution in [2.45, 2.75) is 6.54 Å². The normalized spacial score (nSPS) is 15.7. The number of carbonyl (C=O) groups excluding carboxylic acids is 1. The average Bonchev–Trinajstić information content (AvgIpc) is 2.56. The number of rotatable bonds is 4. The molecule has 0 bridgehead atoms. The Morgan fingerprint density at radius 1 is 1.09 bits per heavy atom. The van der Waals surface area contributed by atoms with Gasteiger partial charge in [-0.1, -0.05) is 52.3 Å². The van der Waals surface area contributed by atoms with E-state index in [0.29, 0.717) is 0 Å². The predicted octanol–water partition coefficient (Wildman–Crippen LogP) is 4.23. The Labute approximate surface area is 144 Å². The van der Waals surface area contributed by atoms with E-state index in [2.05, 4.69) is 26.9 Å². The summed E-state index contributed by atoms with van der Waals surface area (Å²) < 4.78 is 0.934. The highest BCUT2D eigenvalue weighted by atomic mass is 79.9. The minimum Gasteiger partial charge on any atom is -0.297 e. The van der Waals surface area contributed by atoms with Crippen LogP contribution in [0.1, 0.15) is 21.5 Å². The Balaban J connectivity index is 1.85. The average molecular weight is 376 g/mol. The van der Waals surface area contributed by atoms with Crippen LogP contribution in [0.3, 0.4) is 0 Å². The Morgan fingerprint density at radius 2 is 1.86 bits per heavy atom. The fourth-order valence-corrected chi connectivity index (χ4v) is 4.04. The van der Waals surface area contributed by atoms with E-state index in [0.717, 1.165) is 40.8 Å². The molecule has 1 aliphatic heterocycles. The highest BCUT2D eigenvalue weighted by molar-refractivity contribution is 9.10. The van der Waals surface area contributed by atoms with Crippen LogP contribution in [0, 0.1) is 0 Å². The Hall–Kier alpha value is -1.10. The van der Waals surface area contributed by atoms with Gasteiger partial charge in [-0.15, -0.1) is 0 Å². The summed E-state index contributed by atoms with van der Waals surface area (Å²) in [7, 11) is 0. The van der Waals surface area contributed by atoms with Crippen molar-refractivity contribution >= 4 is 33.5 Å². The lowest BCUT2D eigenvalue weighted by Crippen LogP contribution is -2.32. The molecule has 0 aliphatic carbocycles. The van der Waals surface area contributed by atoms with Crippen molar-refractivity contribution < 1.29 is 4.79 Å². The summed E-state index contributed by atoms with van der Waals surface area (Å²) in [6, 6.07) is 15.6. The molecule has 0 unspecified atom stereocenters. The van der Waals surface area contributed by atoms with Crippen LogP contribution >= 0.6 is 27.7 Å². The fourth-order valence-electron chi connectivity index (χ4n) is 2.67. The minimum absolute atomic E-state index is 0.100. The molecule has 1 heterocycles. The Kier molecular flexibility index (Phi) is 5.34. The summed E-state index contributed by atoms with van der Waals surface area (Å²) in [5.74, 6) is 2.46. The lowest BCUT2D eigenvalue weighted by atomic mass is 9.98. The monoisotopic (exact) mass is 375 g/mol. The summed E-state index contributed by atoms with van der Waals surface area (Å²) in [4.78, 5) is 15.3. The first-order valence-corrected chi connectivity index (χ1v) is 9.37. The third-order valence-electron chi connectivity index (χ3n) is 3.85. The molecule has 1 aliphatic rings. The largest absolute Gasteiger partial charge is 0.297 e. The maximum atomic E-state index is 12.8. The van der Waals surface area contributed by atoms with Gasteiger partial charge in [-0.25, -0.2) is 0 Å². The standard InChI is InChI=1S/C18H18BrNOS/c19-16-6-3-5-14(12-16)18(21)17-7-2-1-4-15(17)13-20-8-10-22-11-9-20/h1-7,12H,8-11,13H2. The number of nitrogens with zero attached hydrogens (tertiary/aromatic N) is 1. The molecule has 0 amide bonds. The van der Waals surface area contributed by atoms with Crippen LogP contribution < -0.4 is 0 Å². The molecule has 0 atom stereocenters. The molecule has 1 fully saturated rings. The van der Waals surface area contributed by atoms with Crippen LogP contribution in [0.25, 0.3) is 0 Å². The first-order chi connectivity index (χ1) is 10.7. The molecule has 0 radical (unpaired) electrons. The van der Waals surface area contributed by atoms with Crippen molar-refractivity contribution in [2.24, 2.45) is 0 Å². The van der Waals surface area contributed by atoms with E-state index in [1.807, 2.05) is 54.2 Å². The van der Waals surface area contributed by atoms with Gasteiger partial charge >= 0.3 is 0 Å². The number of benzene rings is 2. The maximum absolute atomic E-state index is 12.8. The van der Waals surface area contributed by atoms with Crippen molar-refractivity contribution in [3.8, 4) is 0 Å². The molecule has 22 heavy (non-hydrogen) atoms. The number of halogens is 1. The highest BCUT2D eigenvalue weighted by Crippen LogP contribution is 2.20. The second kappa shape index (κ2) is 7.44. The van der Waals surface area contributed by atoms with Crippen LogP contribution in [-0.4, -0.2) is 35.3 Å². The predicted molar refractivity (Wildman–Crippen MR) is 96.6 cm³/mol. The maximum Gasteiger partial charge on any atom is 0.193 e. The minimum atomic E-state index is 0.100. The topological polar surface area (TPSA) is 20.3 Å². The zero-order chi connectivity index (χ0) is 15.4. The van der Waals surface area contributed by atoms with E-state index >= 15 is 0 Å². The lowest BCUT2D eigenvalue weighted by molar-refractivity contribution is 0.103. The molecule has 0 spiro atoms. The number of hydrogen-bond acceptors (Lipinski definition) is 3. The van der Waals surface area contributed by atoms with Gasteiger partial charge in [-0.2, -0.15) is 11.8 Å². The van der Waals surface area contributed by atoms with Crippen molar-refractivity contribution in [1.29, 1.82) is 0 Å². The molecular formula is C18H18BrNOS. The van der Waals surface area contributed by atoms with Gasteiger partial charge in [0, 0.05) is 46.7 Å². The highest BCUT2D eigenvalue weighted by Gasteiger charge is 2.17. The quantitative estimate of drug-likeness (QED) is 0.745. The van der Waals surface area contributed by atoms with E-state index < -0.39 is 0 Å². The summed E-state index contributed by atoms with van der Waals surface area (Å²) >= 11 is 5.44. The molecular weight excluding hydrogens is 358 g/mol. The molecule has 2 nitrogen and oxygen atoms in total. The van der Waals surface area contributed by atoms with E-state index in [1.165, 1.54) is 11.5 Å². The Morgan fingerprint density at radius 3 is 2.64 bits per heavy atom. The van der Waals surface area contributed by atoms with Gasteiger partial charge < -0.3 is 0 Å². The van der Waals surface area contributed by atoms with Crippen molar-refractivity contribution in [1.82, 2.24) is 4.90 Å². The second-order valence-corrected chi connectivity index (χ2v) is 7.53. The van der Waals surface area contributed by atoms with Gasteiger partial charge in [0.1, 0.15) is 0 Å². The molecule has 2 aromatic rings. The van der Waals surface area contributed by atoms with E-state index in [9.17, 15) is 4.79 Å². The first kappa shape index (κ1) is 15.8. The lowest BCUT2D eigenvalue weighted by Gasteiger charge is -2.26. The Bertz CT molecular complexity index is 668. The molecule has 0 N–H and O–H groups in total. The van der Waals surface area contributed by atoms with E-state index in [4.69, 9.17) is 0 Å². The van der Waals surface area contributed by atoms with Gasteiger partial charge in [0.05, 0.1) is 0 Å².